The largest absolute Gasteiger partial charge is 0.462 e. The van der Waals surface area contributed by atoms with E-state index in [1.807, 2.05) is 0 Å². The van der Waals surface area contributed by atoms with E-state index in [-0.39, 0.29) is 31.1 Å². The Morgan fingerprint density at radius 3 is 0.744 bits per heavy atom. The molecule has 0 aliphatic rings. The Kier molecular flexibility index (Phi) is 66.2. The number of rotatable bonds is 63. The summed E-state index contributed by atoms with van der Waals surface area (Å²) >= 11 is 0. The Hall–Kier alpha value is -3.93. The lowest BCUT2D eigenvalue weighted by atomic mass is 10.0. The van der Waals surface area contributed by atoms with Crippen molar-refractivity contribution in [3.8, 4) is 0 Å². The monoisotopic (exact) mass is 1140 g/mol. The second-order valence-electron chi connectivity index (χ2n) is 23.1. The second-order valence-corrected chi connectivity index (χ2v) is 23.1. The summed E-state index contributed by atoms with van der Waals surface area (Å²) in [5, 5.41) is 0. The van der Waals surface area contributed by atoms with E-state index in [1.165, 1.54) is 167 Å². The molecule has 1 unspecified atom stereocenters. The third-order valence-corrected chi connectivity index (χ3v) is 15.0. The summed E-state index contributed by atoms with van der Waals surface area (Å²) in [4.78, 5) is 38.5. The molecule has 0 fully saturated rings. The molecule has 0 aromatic carbocycles. The third kappa shape index (κ3) is 66.9. The maximum absolute atomic E-state index is 13.0. The fraction of sp³-hybridized carbons (Fsp3) is 0.724. The highest BCUT2D eigenvalue weighted by Gasteiger charge is 2.19. The van der Waals surface area contributed by atoms with Crippen molar-refractivity contribution in [1.29, 1.82) is 0 Å². The molecule has 0 N–H and O–H groups in total. The van der Waals surface area contributed by atoms with Crippen LogP contribution in [0.1, 0.15) is 335 Å². The SMILES string of the molecule is CC/C=C\C/C=C\C/C=C\C/C=C\C/C=C\C/C=C\CCCCCCCCCCC(=O)OCC(COC(=O)CCCCCCCCCCCCCCCCCC)OC(=O)CCCCCCCC/C=C\C/C=C\C/C=C\CCCCCCC. The van der Waals surface area contributed by atoms with Crippen molar-refractivity contribution < 1.29 is 28.6 Å². The normalized spacial score (nSPS) is 12.8. The molecule has 0 aliphatic heterocycles. The van der Waals surface area contributed by atoms with Gasteiger partial charge in [0.25, 0.3) is 0 Å². The third-order valence-electron chi connectivity index (χ3n) is 15.0. The molecule has 0 aromatic heterocycles. The average Bonchev–Trinajstić information content (AvgIpc) is 3.47. The fourth-order valence-electron chi connectivity index (χ4n) is 9.81. The molecule has 6 heteroatoms. The van der Waals surface area contributed by atoms with E-state index in [4.69, 9.17) is 14.2 Å². The van der Waals surface area contributed by atoms with Crippen LogP contribution in [0.15, 0.2) is 109 Å². The first-order valence-corrected chi connectivity index (χ1v) is 34.9. The zero-order chi connectivity index (χ0) is 59.2. The first-order chi connectivity index (χ1) is 40.5. The van der Waals surface area contributed by atoms with Crippen molar-refractivity contribution in [3.63, 3.8) is 0 Å². The van der Waals surface area contributed by atoms with Gasteiger partial charge in [0.05, 0.1) is 0 Å². The van der Waals surface area contributed by atoms with E-state index < -0.39 is 6.10 Å². The van der Waals surface area contributed by atoms with Crippen LogP contribution in [-0.2, 0) is 28.6 Å². The minimum Gasteiger partial charge on any atom is -0.462 e. The highest BCUT2D eigenvalue weighted by Crippen LogP contribution is 2.17. The van der Waals surface area contributed by atoms with Gasteiger partial charge in [-0.15, -0.1) is 0 Å². The summed E-state index contributed by atoms with van der Waals surface area (Å²) in [5.74, 6) is -0.891. The summed E-state index contributed by atoms with van der Waals surface area (Å²) in [6, 6.07) is 0. The predicted octanol–water partition coefficient (Wildman–Crippen LogP) is 24.2. The second kappa shape index (κ2) is 69.6. The first kappa shape index (κ1) is 78.1. The maximum atomic E-state index is 13.0. The van der Waals surface area contributed by atoms with Crippen LogP contribution in [0.25, 0.3) is 0 Å². The van der Waals surface area contributed by atoms with Gasteiger partial charge >= 0.3 is 17.9 Å². The van der Waals surface area contributed by atoms with Gasteiger partial charge in [-0.25, -0.2) is 0 Å². The van der Waals surface area contributed by atoms with E-state index in [2.05, 4.69) is 130 Å². The molecule has 0 saturated carbocycles. The lowest BCUT2D eigenvalue weighted by Gasteiger charge is -2.18. The Bertz CT molecular complexity index is 1640. The number of allylic oxidation sites excluding steroid dienone is 18. The number of ether oxygens (including phenoxy) is 3. The zero-order valence-electron chi connectivity index (χ0n) is 54.0. The first-order valence-electron chi connectivity index (χ1n) is 34.9. The maximum Gasteiger partial charge on any atom is 0.306 e. The van der Waals surface area contributed by atoms with Gasteiger partial charge in [-0.2, -0.15) is 0 Å². The van der Waals surface area contributed by atoms with E-state index >= 15 is 0 Å². The van der Waals surface area contributed by atoms with Crippen molar-refractivity contribution in [2.24, 2.45) is 0 Å². The molecule has 0 rings (SSSR count). The number of esters is 3. The molecule has 470 valence electrons. The van der Waals surface area contributed by atoms with Gasteiger partial charge < -0.3 is 14.2 Å². The lowest BCUT2D eigenvalue weighted by Crippen LogP contribution is -2.30. The molecule has 0 amide bonds. The van der Waals surface area contributed by atoms with Gasteiger partial charge in [0.2, 0.25) is 0 Å². The van der Waals surface area contributed by atoms with E-state index in [0.717, 1.165) is 128 Å². The Balaban J connectivity index is 4.39. The number of unbranched alkanes of at least 4 members (excludes halogenated alkanes) is 34. The van der Waals surface area contributed by atoms with E-state index in [1.54, 1.807) is 0 Å². The smallest absolute Gasteiger partial charge is 0.306 e. The molecular weight excluding hydrogens is 1010 g/mol. The molecule has 0 spiro atoms. The van der Waals surface area contributed by atoms with Gasteiger partial charge in [0.15, 0.2) is 6.10 Å². The van der Waals surface area contributed by atoms with Gasteiger partial charge in [-0.3, -0.25) is 14.4 Å². The molecule has 0 bridgehead atoms. The lowest BCUT2D eigenvalue weighted by molar-refractivity contribution is -0.167. The van der Waals surface area contributed by atoms with Crippen LogP contribution in [0.5, 0.6) is 0 Å². The predicted molar refractivity (Wildman–Crippen MR) is 357 cm³/mol. The topological polar surface area (TPSA) is 78.9 Å². The van der Waals surface area contributed by atoms with Crippen molar-refractivity contribution >= 4 is 17.9 Å². The van der Waals surface area contributed by atoms with E-state index in [9.17, 15) is 14.4 Å². The summed E-state index contributed by atoms with van der Waals surface area (Å²) in [6.45, 7) is 6.54. The van der Waals surface area contributed by atoms with Gasteiger partial charge in [0.1, 0.15) is 13.2 Å². The quantitative estimate of drug-likeness (QED) is 0.0261. The Morgan fingerprint density at radius 2 is 0.476 bits per heavy atom. The summed E-state index contributed by atoms with van der Waals surface area (Å²) < 4.78 is 17.0. The van der Waals surface area contributed by atoms with Gasteiger partial charge in [-0.05, 0) is 109 Å². The van der Waals surface area contributed by atoms with Crippen LogP contribution in [0.2, 0.25) is 0 Å². The molecule has 0 saturated heterocycles. The minimum atomic E-state index is -0.791. The number of carbonyl (C=O) groups is 3. The fourth-order valence-corrected chi connectivity index (χ4v) is 9.81. The van der Waals surface area contributed by atoms with E-state index in [0.29, 0.717) is 19.3 Å². The molecular formula is C76H130O6. The average molecular weight is 1140 g/mol. The van der Waals surface area contributed by atoms with Crippen LogP contribution < -0.4 is 0 Å². The highest BCUT2D eigenvalue weighted by molar-refractivity contribution is 5.71. The summed E-state index contributed by atoms with van der Waals surface area (Å²) in [6.07, 6.45) is 95.2. The zero-order valence-corrected chi connectivity index (χ0v) is 54.0. The molecule has 0 radical (unpaired) electrons. The molecule has 1 atom stereocenters. The minimum absolute atomic E-state index is 0.0838. The number of hydrogen-bond donors (Lipinski definition) is 0. The standard InChI is InChI=1S/C76H130O6/c1-4-7-10-13-16-19-22-25-28-31-33-35-36-37-38-39-40-42-43-45-48-51-54-57-60-63-66-69-75(78)81-72-73(71-80-74(77)68-65-62-59-56-53-50-47-30-27-24-21-18-15-12-9-6-3)82-76(79)70-67-64-61-58-55-52-49-46-44-41-34-32-29-26-23-20-17-14-11-8-5-2/h7,10,16,19,23,25-26,28,32-35,37-38,40,42,44,46,73H,4-6,8-9,11-15,17-18,20-22,24,27,29-31,36,39,41,43,45,47-72H2,1-3H3/b10-7-,19-16-,26-23-,28-25-,34-32-,35-33-,38-37-,42-40-,46-44-. The Morgan fingerprint density at radius 1 is 0.256 bits per heavy atom. The molecule has 0 heterocycles. The summed E-state index contributed by atoms with van der Waals surface area (Å²) in [7, 11) is 0. The highest BCUT2D eigenvalue weighted by atomic mass is 16.6. The van der Waals surface area contributed by atoms with Crippen molar-refractivity contribution in [2.45, 2.75) is 341 Å². The van der Waals surface area contributed by atoms with Crippen LogP contribution in [0, 0.1) is 0 Å². The van der Waals surface area contributed by atoms with Gasteiger partial charge in [-0.1, -0.05) is 316 Å². The van der Waals surface area contributed by atoms with Crippen molar-refractivity contribution in [3.05, 3.63) is 109 Å². The van der Waals surface area contributed by atoms with Crippen molar-refractivity contribution in [1.82, 2.24) is 0 Å². The van der Waals surface area contributed by atoms with Crippen LogP contribution in [0.3, 0.4) is 0 Å². The number of carbonyl (C=O) groups excluding carboxylic acids is 3. The molecule has 6 nitrogen and oxygen atoms in total. The van der Waals surface area contributed by atoms with Crippen LogP contribution in [-0.4, -0.2) is 37.2 Å². The molecule has 0 aliphatic carbocycles. The van der Waals surface area contributed by atoms with Crippen LogP contribution in [0.4, 0.5) is 0 Å². The van der Waals surface area contributed by atoms with Crippen molar-refractivity contribution in [2.75, 3.05) is 13.2 Å². The summed E-state index contributed by atoms with van der Waals surface area (Å²) in [5.41, 5.74) is 0. The van der Waals surface area contributed by atoms with Crippen LogP contribution >= 0.6 is 0 Å². The van der Waals surface area contributed by atoms with Gasteiger partial charge in [0, 0.05) is 19.3 Å². The molecule has 82 heavy (non-hydrogen) atoms. The number of hydrogen-bond acceptors (Lipinski definition) is 6. The Labute approximate surface area is 508 Å². The molecule has 0 aromatic rings.